The standard InChI is InChI=1S/C6H8N2O3/c1-5(9)8(3-2-7)4-6(10)11/h3-4H2,1H3,(H,10,11). The van der Waals surface area contributed by atoms with Crippen molar-refractivity contribution in [2.75, 3.05) is 13.1 Å². The highest BCUT2D eigenvalue weighted by atomic mass is 16.4. The highest BCUT2D eigenvalue weighted by molar-refractivity contribution is 5.79. The summed E-state index contributed by atoms with van der Waals surface area (Å²) < 4.78 is 0. The van der Waals surface area contributed by atoms with Gasteiger partial charge in [0.2, 0.25) is 5.91 Å². The van der Waals surface area contributed by atoms with Crippen LogP contribution in [0.3, 0.4) is 0 Å². The van der Waals surface area contributed by atoms with Gasteiger partial charge in [-0.2, -0.15) is 5.26 Å². The zero-order chi connectivity index (χ0) is 8.85. The van der Waals surface area contributed by atoms with Gasteiger partial charge in [-0.25, -0.2) is 0 Å². The number of carbonyl (C=O) groups excluding carboxylic acids is 1. The topological polar surface area (TPSA) is 81.4 Å². The molecular weight excluding hydrogens is 148 g/mol. The van der Waals surface area contributed by atoms with Crippen molar-refractivity contribution in [3.05, 3.63) is 0 Å². The van der Waals surface area contributed by atoms with Gasteiger partial charge in [0.15, 0.2) is 0 Å². The lowest BCUT2D eigenvalue weighted by Gasteiger charge is -2.13. The number of amides is 1. The Balaban J connectivity index is 4.02. The maximum Gasteiger partial charge on any atom is 0.323 e. The lowest BCUT2D eigenvalue weighted by atomic mass is 10.4. The van der Waals surface area contributed by atoms with E-state index in [0.717, 1.165) is 4.90 Å². The molecule has 11 heavy (non-hydrogen) atoms. The van der Waals surface area contributed by atoms with Crippen LogP contribution in [0.15, 0.2) is 0 Å². The molecule has 0 aromatic heterocycles. The van der Waals surface area contributed by atoms with E-state index in [1.54, 1.807) is 6.07 Å². The summed E-state index contributed by atoms with van der Waals surface area (Å²) in [6, 6.07) is 1.70. The second kappa shape index (κ2) is 4.28. The molecule has 0 aliphatic rings. The van der Waals surface area contributed by atoms with Gasteiger partial charge >= 0.3 is 5.97 Å². The van der Waals surface area contributed by atoms with Crippen molar-refractivity contribution in [1.29, 1.82) is 5.26 Å². The fraction of sp³-hybridized carbons (Fsp3) is 0.500. The van der Waals surface area contributed by atoms with Crippen LogP contribution in [0.4, 0.5) is 0 Å². The van der Waals surface area contributed by atoms with Gasteiger partial charge in [0.25, 0.3) is 0 Å². The Bertz CT molecular complexity index is 206. The molecule has 0 rings (SSSR count). The van der Waals surface area contributed by atoms with Crippen LogP contribution in [0.2, 0.25) is 0 Å². The largest absolute Gasteiger partial charge is 0.480 e. The average Bonchev–Trinajstić information content (AvgIpc) is 1.86. The molecule has 1 amide bonds. The SMILES string of the molecule is CC(=O)N(CC#N)CC(=O)O. The van der Waals surface area contributed by atoms with Crippen LogP contribution in [0.25, 0.3) is 0 Å². The summed E-state index contributed by atoms with van der Waals surface area (Å²) >= 11 is 0. The van der Waals surface area contributed by atoms with E-state index in [1.807, 2.05) is 0 Å². The smallest absolute Gasteiger partial charge is 0.323 e. The Kier molecular flexibility index (Phi) is 3.67. The monoisotopic (exact) mass is 156 g/mol. The number of nitrogens with zero attached hydrogens (tertiary/aromatic N) is 2. The molecule has 0 saturated heterocycles. The number of rotatable bonds is 3. The molecule has 1 N–H and O–H groups in total. The molecular formula is C6H8N2O3. The number of hydrogen-bond donors (Lipinski definition) is 1. The molecule has 0 aliphatic heterocycles. The third-order valence-electron chi connectivity index (χ3n) is 1.03. The second-order valence-electron chi connectivity index (χ2n) is 1.93. The van der Waals surface area contributed by atoms with Gasteiger partial charge < -0.3 is 10.0 Å². The first-order valence-electron chi connectivity index (χ1n) is 2.92. The molecule has 60 valence electrons. The summed E-state index contributed by atoms with van der Waals surface area (Å²) in [6.45, 7) is 0.630. The third kappa shape index (κ3) is 3.92. The first-order valence-corrected chi connectivity index (χ1v) is 2.92. The molecule has 0 aliphatic carbocycles. The summed E-state index contributed by atoms with van der Waals surface area (Å²) in [5, 5.41) is 16.4. The first-order chi connectivity index (χ1) is 5.07. The van der Waals surface area contributed by atoms with Gasteiger partial charge in [-0.1, -0.05) is 0 Å². The number of carboxylic acids is 1. The van der Waals surface area contributed by atoms with Gasteiger partial charge in [0.05, 0.1) is 6.07 Å². The normalized spacial score (nSPS) is 8.36. The quantitative estimate of drug-likeness (QED) is 0.555. The molecule has 0 heterocycles. The van der Waals surface area contributed by atoms with Gasteiger partial charge in [-0.15, -0.1) is 0 Å². The van der Waals surface area contributed by atoms with Crippen LogP contribution < -0.4 is 0 Å². The predicted octanol–water partition coefficient (Wildman–Crippen LogP) is -0.557. The van der Waals surface area contributed by atoms with E-state index < -0.39 is 18.4 Å². The molecule has 0 aromatic carbocycles. The Morgan fingerprint density at radius 2 is 2.18 bits per heavy atom. The maximum atomic E-state index is 10.6. The van der Waals surface area contributed by atoms with E-state index in [0.29, 0.717) is 0 Å². The highest BCUT2D eigenvalue weighted by Crippen LogP contribution is 1.87. The fourth-order valence-corrected chi connectivity index (χ4v) is 0.527. The third-order valence-corrected chi connectivity index (χ3v) is 1.03. The Morgan fingerprint density at radius 3 is 2.45 bits per heavy atom. The van der Waals surface area contributed by atoms with Crippen LogP contribution in [-0.2, 0) is 9.59 Å². The lowest BCUT2D eigenvalue weighted by molar-refractivity contribution is -0.143. The van der Waals surface area contributed by atoms with Gasteiger partial charge in [-0.05, 0) is 0 Å². The summed E-state index contributed by atoms with van der Waals surface area (Å²) in [5.41, 5.74) is 0. The van der Waals surface area contributed by atoms with E-state index in [1.165, 1.54) is 6.92 Å². The minimum Gasteiger partial charge on any atom is -0.480 e. The van der Waals surface area contributed by atoms with Gasteiger partial charge in [-0.3, -0.25) is 9.59 Å². The molecule has 5 nitrogen and oxygen atoms in total. The average molecular weight is 156 g/mol. The van der Waals surface area contributed by atoms with Crippen LogP contribution in [0.5, 0.6) is 0 Å². The van der Waals surface area contributed by atoms with Crippen molar-refractivity contribution in [2.45, 2.75) is 6.92 Å². The Labute approximate surface area is 63.8 Å². The molecule has 0 saturated carbocycles. The van der Waals surface area contributed by atoms with Crippen molar-refractivity contribution in [3.63, 3.8) is 0 Å². The number of aliphatic carboxylic acids is 1. The van der Waals surface area contributed by atoms with E-state index in [2.05, 4.69) is 0 Å². The molecule has 0 fully saturated rings. The molecule has 0 spiro atoms. The molecule has 0 bridgehead atoms. The molecule has 0 unspecified atom stereocenters. The van der Waals surface area contributed by atoms with Crippen molar-refractivity contribution >= 4 is 11.9 Å². The zero-order valence-electron chi connectivity index (χ0n) is 6.07. The van der Waals surface area contributed by atoms with E-state index >= 15 is 0 Å². The number of carboxylic acid groups (broad SMARTS) is 1. The van der Waals surface area contributed by atoms with E-state index in [9.17, 15) is 9.59 Å². The fourth-order valence-electron chi connectivity index (χ4n) is 0.527. The van der Waals surface area contributed by atoms with E-state index in [4.69, 9.17) is 10.4 Å². The lowest BCUT2D eigenvalue weighted by Crippen LogP contribution is -2.34. The summed E-state index contributed by atoms with van der Waals surface area (Å²) in [5.74, 6) is -1.52. The maximum absolute atomic E-state index is 10.6. The van der Waals surface area contributed by atoms with Gasteiger partial charge in [0, 0.05) is 6.92 Å². The zero-order valence-corrected chi connectivity index (χ0v) is 6.07. The highest BCUT2D eigenvalue weighted by Gasteiger charge is 2.10. The summed E-state index contributed by atoms with van der Waals surface area (Å²) in [7, 11) is 0. The van der Waals surface area contributed by atoms with Crippen molar-refractivity contribution in [2.24, 2.45) is 0 Å². The van der Waals surface area contributed by atoms with Crippen molar-refractivity contribution in [3.8, 4) is 6.07 Å². The van der Waals surface area contributed by atoms with Crippen molar-refractivity contribution in [1.82, 2.24) is 4.90 Å². The number of nitriles is 1. The molecule has 0 aromatic rings. The molecule has 0 radical (unpaired) electrons. The second-order valence-corrected chi connectivity index (χ2v) is 1.93. The summed E-state index contributed by atoms with van der Waals surface area (Å²) in [6.07, 6.45) is 0. The Morgan fingerprint density at radius 1 is 1.64 bits per heavy atom. The minimum absolute atomic E-state index is 0.179. The van der Waals surface area contributed by atoms with Gasteiger partial charge in [0.1, 0.15) is 13.1 Å². The van der Waals surface area contributed by atoms with Crippen molar-refractivity contribution < 1.29 is 14.7 Å². The van der Waals surface area contributed by atoms with E-state index in [-0.39, 0.29) is 6.54 Å². The van der Waals surface area contributed by atoms with Crippen LogP contribution in [-0.4, -0.2) is 35.0 Å². The number of carbonyl (C=O) groups is 2. The molecule has 0 atom stereocenters. The van der Waals surface area contributed by atoms with Crippen LogP contribution in [0.1, 0.15) is 6.92 Å². The summed E-state index contributed by atoms with van der Waals surface area (Å²) in [4.78, 5) is 21.6. The van der Waals surface area contributed by atoms with Crippen LogP contribution in [0, 0.1) is 11.3 Å². The first kappa shape index (κ1) is 9.43. The predicted molar refractivity (Wildman–Crippen MR) is 35.5 cm³/mol. The minimum atomic E-state index is -1.12. The number of hydrogen-bond acceptors (Lipinski definition) is 3. The Hall–Kier alpha value is -1.57. The van der Waals surface area contributed by atoms with Crippen LogP contribution >= 0.6 is 0 Å². The molecule has 5 heteroatoms.